The molecule has 1 saturated carbocycles. The average Bonchev–Trinajstić information content (AvgIpc) is 3.21. The number of rotatable bonds is 7. The van der Waals surface area contributed by atoms with Crippen LogP contribution in [0.3, 0.4) is 0 Å². The molecule has 0 atom stereocenters. The summed E-state index contributed by atoms with van der Waals surface area (Å²) in [5, 5.41) is 11.9. The third-order valence-corrected chi connectivity index (χ3v) is 3.42. The van der Waals surface area contributed by atoms with Crippen molar-refractivity contribution in [2.75, 3.05) is 6.54 Å². The summed E-state index contributed by atoms with van der Waals surface area (Å²) in [7, 11) is 0. The van der Waals surface area contributed by atoms with Gasteiger partial charge in [0.15, 0.2) is 0 Å². The molecule has 2 N–H and O–H groups in total. The van der Waals surface area contributed by atoms with Gasteiger partial charge in [-0.25, -0.2) is 0 Å². The number of amides is 1. The highest BCUT2D eigenvalue weighted by Gasteiger charge is 2.21. The number of hydrogen-bond donors (Lipinski definition) is 2. The predicted octanol–water partition coefficient (Wildman–Crippen LogP) is 2.03. The van der Waals surface area contributed by atoms with Crippen molar-refractivity contribution in [1.82, 2.24) is 5.32 Å². The fourth-order valence-electron chi connectivity index (χ4n) is 1.99. The first-order valence-corrected chi connectivity index (χ1v) is 6.73. The van der Waals surface area contributed by atoms with Crippen molar-refractivity contribution in [1.29, 1.82) is 0 Å². The third-order valence-electron chi connectivity index (χ3n) is 3.42. The minimum atomic E-state index is 0.0815. The molecule has 0 unspecified atom stereocenters. The lowest BCUT2D eigenvalue weighted by Crippen LogP contribution is -2.25. The second kappa shape index (κ2) is 6.55. The van der Waals surface area contributed by atoms with Crippen molar-refractivity contribution in [3.8, 4) is 0 Å². The maximum atomic E-state index is 11.5. The monoisotopic (exact) mass is 247 g/mol. The molecule has 0 radical (unpaired) electrons. The molecule has 1 fully saturated rings. The van der Waals surface area contributed by atoms with Crippen molar-refractivity contribution >= 4 is 5.91 Å². The number of aliphatic hydroxyl groups excluding tert-OH is 1. The van der Waals surface area contributed by atoms with Gasteiger partial charge in [-0.1, -0.05) is 37.1 Å². The summed E-state index contributed by atoms with van der Waals surface area (Å²) in [4.78, 5) is 11.5. The second-order valence-corrected chi connectivity index (χ2v) is 5.06. The van der Waals surface area contributed by atoms with Gasteiger partial charge in [-0.2, -0.15) is 0 Å². The summed E-state index contributed by atoms with van der Waals surface area (Å²) in [6, 6.07) is 7.85. The molecule has 0 aliphatic heterocycles. The van der Waals surface area contributed by atoms with Gasteiger partial charge in [0.1, 0.15) is 0 Å². The van der Waals surface area contributed by atoms with Crippen LogP contribution in [0.5, 0.6) is 0 Å². The number of benzene rings is 1. The van der Waals surface area contributed by atoms with Crippen LogP contribution in [0.25, 0.3) is 0 Å². The summed E-state index contributed by atoms with van der Waals surface area (Å²) in [5.74, 6) is 0.996. The van der Waals surface area contributed by atoms with Crippen LogP contribution in [-0.4, -0.2) is 17.6 Å². The van der Waals surface area contributed by atoms with E-state index in [4.69, 9.17) is 5.11 Å². The van der Waals surface area contributed by atoms with Gasteiger partial charge >= 0.3 is 0 Å². The van der Waals surface area contributed by atoms with Crippen LogP contribution < -0.4 is 5.32 Å². The fourth-order valence-corrected chi connectivity index (χ4v) is 1.99. The Morgan fingerprint density at radius 3 is 2.50 bits per heavy atom. The molecule has 1 amide bonds. The van der Waals surface area contributed by atoms with Gasteiger partial charge < -0.3 is 10.4 Å². The summed E-state index contributed by atoms with van der Waals surface area (Å²) >= 11 is 0. The van der Waals surface area contributed by atoms with E-state index in [1.165, 1.54) is 18.4 Å². The molecule has 0 bridgehead atoms. The SMILES string of the molecule is O=C(CCC1CC1)NCCc1ccc(CO)cc1. The molecule has 1 aliphatic rings. The molecule has 2 rings (SSSR count). The van der Waals surface area contributed by atoms with Crippen LogP contribution in [0.15, 0.2) is 24.3 Å². The normalized spacial score (nSPS) is 14.5. The van der Waals surface area contributed by atoms with E-state index in [1.54, 1.807) is 0 Å². The molecular weight excluding hydrogens is 226 g/mol. The second-order valence-electron chi connectivity index (χ2n) is 5.06. The lowest BCUT2D eigenvalue weighted by Gasteiger charge is -2.05. The standard InChI is InChI=1S/C15H21NO2/c17-11-14-5-3-13(4-6-14)9-10-16-15(18)8-7-12-1-2-12/h3-6,12,17H,1-2,7-11H2,(H,16,18). The largest absolute Gasteiger partial charge is 0.392 e. The van der Waals surface area contributed by atoms with Crippen molar-refractivity contribution in [3.05, 3.63) is 35.4 Å². The van der Waals surface area contributed by atoms with Gasteiger partial charge in [-0.15, -0.1) is 0 Å². The van der Waals surface area contributed by atoms with E-state index < -0.39 is 0 Å². The zero-order valence-corrected chi connectivity index (χ0v) is 10.7. The molecule has 98 valence electrons. The number of aliphatic hydroxyl groups is 1. The van der Waals surface area contributed by atoms with Gasteiger partial charge in [0.2, 0.25) is 5.91 Å². The van der Waals surface area contributed by atoms with Crippen LogP contribution in [0, 0.1) is 5.92 Å². The summed E-state index contributed by atoms with van der Waals surface area (Å²) in [6.45, 7) is 0.778. The minimum Gasteiger partial charge on any atom is -0.392 e. The predicted molar refractivity (Wildman–Crippen MR) is 71.0 cm³/mol. The maximum Gasteiger partial charge on any atom is 0.220 e. The Morgan fingerprint density at radius 2 is 1.89 bits per heavy atom. The minimum absolute atomic E-state index is 0.0815. The Kier molecular flexibility index (Phi) is 4.76. The van der Waals surface area contributed by atoms with E-state index in [1.807, 2.05) is 24.3 Å². The fraction of sp³-hybridized carbons (Fsp3) is 0.533. The molecule has 3 heteroatoms. The van der Waals surface area contributed by atoms with Crippen LogP contribution in [0.2, 0.25) is 0 Å². The van der Waals surface area contributed by atoms with Crippen LogP contribution in [0.4, 0.5) is 0 Å². The Labute approximate surface area is 108 Å². The van der Waals surface area contributed by atoms with Crippen molar-refractivity contribution in [2.45, 2.75) is 38.7 Å². The lowest BCUT2D eigenvalue weighted by atomic mass is 10.1. The Bertz CT molecular complexity index is 382. The molecule has 0 heterocycles. The molecule has 1 aliphatic carbocycles. The third kappa shape index (κ3) is 4.49. The van der Waals surface area contributed by atoms with E-state index in [0.717, 1.165) is 24.3 Å². The molecule has 3 nitrogen and oxygen atoms in total. The zero-order valence-electron chi connectivity index (χ0n) is 10.7. The lowest BCUT2D eigenvalue weighted by molar-refractivity contribution is -0.121. The Morgan fingerprint density at radius 1 is 1.22 bits per heavy atom. The molecule has 0 spiro atoms. The molecule has 0 saturated heterocycles. The van der Waals surface area contributed by atoms with Crippen molar-refractivity contribution in [3.63, 3.8) is 0 Å². The average molecular weight is 247 g/mol. The summed E-state index contributed by atoms with van der Waals surface area (Å²) < 4.78 is 0. The van der Waals surface area contributed by atoms with E-state index >= 15 is 0 Å². The van der Waals surface area contributed by atoms with Crippen LogP contribution >= 0.6 is 0 Å². The first-order valence-electron chi connectivity index (χ1n) is 6.73. The highest BCUT2D eigenvalue weighted by atomic mass is 16.3. The van der Waals surface area contributed by atoms with Gasteiger partial charge in [-0.05, 0) is 29.9 Å². The number of carbonyl (C=O) groups excluding carboxylic acids is 1. The van der Waals surface area contributed by atoms with Gasteiger partial charge in [0.05, 0.1) is 6.61 Å². The molecule has 1 aromatic carbocycles. The molecular formula is C15H21NO2. The van der Waals surface area contributed by atoms with E-state index in [0.29, 0.717) is 13.0 Å². The van der Waals surface area contributed by atoms with E-state index in [9.17, 15) is 4.79 Å². The number of carbonyl (C=O) groups is 1. The van der Waals surface area contributed by atoms with E-state index in [2.05, 4.69) is 5.32 Å². The van der Waals surface area contributed by atoms with Crippen molar-refractivity contribution < 1.29 is 9.90 Å². The highest BCUT2D eigenvalue weighted by Crippen LogP contribution is 2.33. The zero-order chi connectivity index (χ0) is 12.8. The van der Waals surface area contributed by atoms with Crippen LogP contribution in [-0.2, 0) is 17.8 Å². The molecule has 0 aromatic heterocycles. The first kappa shape index (κ1) is 13.1. The quantitative estimate of drug-likeness (QED) is 0.774. The Balaban J connectivity index is 1.62. The summed E-state index contributed by atoms with van der Waals surface area (Å²) in [6.07, 6.45) is 5.20. The first-order chi connectivity index (χ1) is 8.78. The Hall–Kier alpha value is -1.35. The van der Waals surface area contributed by atoms with Gasteiger partial charge in [-0.3, -0.25) is 4.79 Å². The number of nitrogens with one attached hydrogen (secondary N) is 1. The molecule has 1 aromatic rings. The van der Waals surface area contributed by atoms with E-state index in [-0.39, 0.29) is 12.5 Å². The van der Waals surface area contributed by atoms with Crippen LogP contribution in [0.1, 0.15) is 36.8 Å². The summed E-state index contributed by atoms with van der Waals surface area (Å²) in [5.41, 5.74) is 2.11. The van der Waals surface area contributed by atoms with Gasteiger partial charge in [0, 0.05) is 13.0 Å². The van der Waals surface area contributed by atoms with Crippen molar-refractivity contribution in [2.24, 2.45) is 5.92 Å². The maximum absolute atomic E-state index is 11.5. The smallest absolute Gasteiger partial charge is 0.220 e. The van der Waals surface area contributed by atoms with Gasteiger partial charge in [0.25, 0.3) is 0 Å². The highest BCUT2D eigenvalue weighted by molar-refractivity contribution is 5.75. The number of hydrogen-bond acceptors (Lipinski definition) is 2. The topological polar surface area (TPSA) is 49.3 Å². The molecule has 18 heavy (non-hydrogen) atoms.